The summed E-state index contributed by atoms with van der Waals surface area (Å²) in [5, 5.41) is 11.2. The normalized spacial score (nSPS) is 28.0. The van der Waals surface area contributed by atoms with Gasteiger partial charge in [-0.3, -0.25) is 0 Å². The van der Waals surface area contributed by atoms with Gasteiger partial charge in [0.15, 0.2) is 5.69 Å². The Labute approximate surface area is 177 Å². The van der Waals surface area contributed by atoms with Gasteiger partial charge in [-0.15, -0.1) is 4.59 Å². The largest absolute Gasteiger partial charge is 0.392 e. The minimum Gasteiger partial charge on any atom is -0.392 e. The van der Waals surface area contributed by atoms with E-state index in [0.717, 1.165) is 11.3 Å². The summed E-state index contributed by atoms with van der Waals surface area (Å²) in [4.78, 5) is 13.4. The first kappa shape index (κ1) is 19.2. The Morgan fingerprint density at radius 1 is 1.00 bits per heavy atom. The van der Waals surface area contributed by atoms with Crippen LogP contribution in [0.3, 0.4) is 0 Å². The van der Waals surface area contributed by atoms with Gasteiger partial charge in [0.05, 0.1) is 11.7 Å². The maximum Gasteiger partial charge on any atom is 0.369 e. The standard InChI is InChI=1S/C26H27N2O2/c1-17(18-9-4-2-5-10-18)24-21-13-8-14-22-25(21)20(15-23(24)29)16-28(22,27)26(30)19-11-6-3-7-12-19/h2-14,17,20,23-24,29H,15-16,27H2,1H3/q+1. The molecule has 0 saturated carbocycles. The van der Waals surface area contributed by atoms with Crippen LogP contribution in [0, 0.1) is 0 Å². The molecule has 4 heteroatoms. The predicted molar refractivity (Wildman–Crippen MR) is 119 cm³/mol. The van der Waals surface area contributed by atoms with Crippen molar-refractivity contribution < 1.29 is 9.90 Å². The molecule has 30 heavy (non-hydrogen) atoms. The molecule has 5 rings (SSSR count). The van der Waals surface area contributed by atoms with Crippen molar-refractivity contribution in [2.45, 2.75) is 37.2 Å². The summed E-state index contributed by atoms with van der Waals surface area (Å²) in [6, 6.07) is 25.7. The topological polar surface area (TPSA) is 63.3 Å². The zero-order valence-corrected chi connectivity index (χ0v) is 17.1. The van der Waals surface area contributed by atoms with Crippen molar-refractivity contribution in [2.75, 3.05) is 6.54 Å². The summed E-state index contributed by atoms with van der Waals surface area (Å²) < 4.78 is -0.225. The molecule has 152 valence electrons. The maximum atomic E-state index is 13.4. The minimum absolute atomic E-state index is 0.0167. The highest BCUT2D eigenvalue weighted by atomic mass is 16.3. The summed E-state index contributed by atoms with van der Waals surface area (Å²) in [6.07, 6.45) is 0.164. The Morgan fingerprint density at radius 2 is 1.67 bits per heavy atom. The van der Waals surface area contributed by atoms with Crippen molar-refractivity contribution in [1.29, 1.82) is 0 Å². The quantitative estimate of drug-likeness (QED) is 0.388. The lowest BCUT2D eigenvalue weighted by Crippen LogP contribution is -2.59. The highest BCUT2D eigenvalue weighted by Gasteiger charge is 2.53. The SMILES string of the molecule is CC(c1ccccc1)C1c2cccc3c2C(CC1O)C[N+]3(N)C(=O)c1ccccc1. The van der Waals surface area contributed by atoms with Gasteiger partial charge in [0.1, 0.15) is 6.54 Å². The average molecular weight is 400 g/mol. The van der Waals surface area contributed by atoms with Gasteiger partial charge in [-0.2, -0.15) is 5.84 Å². The summed E-state index contributed by atoms with van der Waals surface area (Å²) >= 11 is 0. The van der Waals surface area contributed by atoms with E-state index >= 15 is 0 Å². The van der Waals surface area contributed by atoms with Crippen LogP contribution in [0.5, 0.6) is 0 Å². The van der Waals surface area contributed by atoms with Crippen molar-refractivity contribution in [3.05, 3.63) is 101 Å². The van der Waals surface area contributed by atoms with Crippen LogP contribution in [-0.2, 0) is 0 Å². The molecule has 0 spiro atoms. The molecule has 5 unspecified atom stereocenters. The molecule has 4 nitrogen and oxygen atoms in total. The Balaban J connectivity index is 1.60. The van der Waals surface area contributed by atoms with Gasteiger partial charge in [-0.1, -0.05) is 67.6 Å². The molecule has 3 aromatic carbocycles. The van der Waals surface area contributed by atoms with E-state index in [0.29, 0.717) is 18.5 Å². The summed E-state index contributed by atoms with van der Waals surface area (Å²) in [6.45, 7) is 2.67. The van der Waals surface area contributed by atoms with E-state index < -0.39 is 6.10 Å². The summed E-state index contributed by atoms with van der Waals surface area (Å²) in [7, 11) is 0. The molecule has 1 amide bonds. The van der Waals surface area contributed by atoms with Crippen molar-refractivity contribution >= 4 is 11.6 Å². The third-order valence-electron chi connectivity index (χ3n) is 7.01. The second kappa shape index (κ2) is 7.17. The first-order valence-corrected chi connectivity index (χ1v) is 10.6. The number of quaternary nitrogens is 1. The molecule has 1 aliphatic carbocycles. The van der Waals surface area contributed by atoms with Crippen molar-refractivity contribution in [3.63, 3.8) is 0 Å². The van der Waals surface area contributed by atoms with E-state index in [1.807, 2.05) is 60.7 Å². The molecule has 3 N–H and O–H groups in total. The Morgan fingerprint density at radius 3 is 2.37 bits per heavy atom. The van der Waals surface area contributed by atoms with Crippen LogP contribution in [0.4, 0.5) is 5.69 Å². The molecule has 0 saturated heterocycles. The van der Waals surface area contributed by atoms with E-state index in [1.165, 1.54) is 11.1 Å². The molecule has 5 atom stereocenters. The van der Waals surface area contributed by atoms with E-state index in [2.05, 4.69) is 25.1 Å². The molecule has 0 fully saturated rings. The number of benzene rings is 3. The van der Waals surface area contributed by atoms with Crippen molar-refractivity contribution in [2.24, 2.45) is 5.84 Å². The van der Waals surface area contributed by atoms with Gasteiger partial charge in [-0.25, -0.2) is 4.79 Å². The lowest BCUT2D eigenvalue weighted by Gasteiger charge is -2.36. The predicted octanol–water partition coefficient (Wildman–Crippen LogP) is 4.46. The fourth-order valence-corrected chi connectivity index (χ4v) is 5.60. The Hall–Kier alpha value is -2.79. The number of aliphatic hydroxyl groups excluding tert-OH is 1. The molecule has 1 heterocycles. The number of amides is 1. The summed E-state index contributed by atoms with van der Waals surface area (Å²) in [5.74, 6) is 6.93. The van der Waals surface area contributed by atoms with Gasteiger partial charge in [0.25, 0.3) is 0 Å². The number of hydrogen-bond donors (Lipinski definition) is 2. The van der Waals surface area contributed by atoms with Crippen LogP contribution < -0.4 is 10.4 Å². The van der Waals surface area contributed by atoms with Crippen LogP contribution in [0.1, 0.15) is 58.1 Å². The Kier molecular flexibility index (Phi) is 4.58. The average Bonchev–Trinajstić information content (AvgIpc) is 3.08. The highest BCUT2D eigenvalue weighted by molar-refractivity contribution is 6.03. The summed E-state index contributed by atoms with van der Waals surface area (Å²) in [5.41, 5.74) is 5.01. The van der Waals surface area contributed by atoms with Crippen LogP contribution in [-0.4, -0.2) is 23.7 Å². The van der Waals surface area contributed by atoms with Crippen LogP contribution in [0.15, 0.2) is 78.9 Å². The fraction of sp³-hybridized carbons (Fsp3) is 0.269. The molecular weight excluding hydrogens is 372 g/mol. The van der Waals surface area contributed by atoms with Crippen molar-refractivity contribution in [3.8, 4) is 0 Å². The number of carbonyl (C=O) groups is 1. The molecule has 3 aromatic rings. The molecule has 0 aromatic heterocycles. The molecular formula is C26H27N2O2+. The third kappa shape index (κ3) is 2.83. The van der Waals surface area contributed by atoms with Crippen LogP contribution in [0.25, 0.3) is 0 Å². The minimum atomic E-state index is -0.466. The lowest BCUT2D eigenvalue weighted by atomic mass is 9.69. The van der Waals surface area contributed by atoms with Crippen LogP contribution in [0.2, 0.25) is 0 Å². The van der Waals surface area contributed by atoms with E-state index in [4.69, 9.17) is 5.84 Å². The van der Waals surface area contributed by atoms with E-state index in [-0.39, 0.29) is 28.3 Å². The van der Waals surface area contributed by atoms with Crippen LogP contribution >= 0.6 is 0 Å². The maximum absolute atomic E-state index is 13.4. The number of aliphatic hydroxyl groups is 1. The number of nitrogens with two attached hydrogens (primary N) is 1. The molecule has 1 aliphatic heterocycles. The monoisotopic (exact) mass is 399 g/mol. The van der Waals surface area contributed by atoms with Gasteiger partial charge < -0.3 is 5.11 Å². The molecule has 0 bridgehead atoms. The number of carbonyl (C=O) groups excluding carboxylic acids is 1. The third-order valence-corrected chi connectivity index (χ3v) is 7.01. The smallest absolute Gasteiger partial charge is 0.369 e. The molecule has 0 radical (unpaired) electrons. The lowest BCUT2D eigenvalue weighted by molar-refractivity contribution is 0.0741. The second-order valence-electron chi connectivity index (χ2n) is 8.73. The van der Waals surface area contributed by atoms with E-state index in [1.54, 1.807) is 0 Å². The van der Waals surface area contributed by atoms with Gasteiger partial charge in [0, 0.05) is 23.5 Å². The van der Waals surface area contributed by atoms with Crippen molar-refractivity contribution in [1.82, 2.24) is 4.59 Å². The second-order valence-corrected chi connectivity index (χ2v) is 8.73. The van der Waals surface area contributed by atoms with Gasteiger partial charge in [0.2, 0.25) is 0 Å². The number of nitrogens with zero attached hydrogens (tertiary/aromatic N) is 1. The number of rotatable bonds is 3. The highest BCUT2D eigenvalue weighted by Crippen LogP contribution is 2.53. The first-order valence-electron chi connectivity index (χ1n) is 10.6. The zero-order valence-electron chi connectivity index (χ0n) is 17.1. The first-order chi connectivity index (χ1) is 14.5. The number of hydrogen-bond acceptors (Lipinski definition) is 3. The fourth-order valence-electron chi connectivity index (χ4n) is 5.60. The van der Waals surface area contributed by atoms with Gasteiger partial charge >= 0.3 is 5.91 Å². The van der Waals surface area contributed by atoms with E-state index in [9.17, 15) is 9.90 Å². The van der Waals surface area contributed by atoms with Gasteiger partial charge in [-0.05, 0) is 35.6 Å². The zero-order chi connectivity index (χ0) is 20.9. The molecule has 2 aliphatic rings. The Bertz CT molecular complexity index is 1080.